The fourth-order valence-corrected chi connectivity index (χ4v) is 3.01. The predicted molar refractivity (Wildman–Crippen MR) is 71.5 cm³/mol. The zero-order chi connectivity index (χ0) is 12.4. The number of piperidine rings is 1. The summed E-state index contributed by atoms with van der Waals surface area (Å²) in [5.41, 5.74) is 0. The summed E-state index contributed by atoms with van der Waals surface area (Å²) in [5.74, 6) is 1.38. The van der Waals surface area contributed by atoms with Gasteiger partial charge in [-0.2, -0.15) is 0 Å². The minimum atomic E-state index is 0.228. The standard InChI is InChI=1S/C13H17N3OS/c1-10(16-7-3-2-4-8-16)12-14-15-13(17-12)11-6-5-9-18-11/h5-6,9-10H,2-4,7-8H2,1H3/t10-/m1/s1. The maximum Gasteiger partial charge on any atom is 0.257 e. The number of rotatable bonds is 3. The molecule has 0 radical (unpaired) electrons. The van der Waals surface area contributed by atoms with E-state index in [9.17, 15) is 0 Å². The van der Waals surface area contributed by atoms with E-state index >= 15 is 0 Å². The second-order valence-corrected chi connectivity index (χ2v) is 5.64. The molecule has 1 atom stereocenters. The molecule has 1 aliphatic heterocycles. The van der Waals surface area contributed by atoms with Gasteiger partial charge in [0.05, 0.1) is 10.9 Å². The van der Waals surface area contributed by atoms with E-state index in [0.717, 1.165) is 23.9 Å². The van der Waals surface area contributed by atoms with Crippen LogP contribution >= 0.6 is 11.3 Å². The molecular weight excluding hydrogens is 246 g/mol. The third-order valence-electron chi connectivity index (χ3n) is 3.47. The zero-order valence-corrected chi connectivity index (χ0v) is 11.3. The van der Waals surface area contributed by atoms with Gasteiger partial charge in [-0.3, -0.25) is 4.90 Å². The van der Waals surface area contributed by atoms with Crippen LogP contribution < -0.4 is 0 Å². The lowest BCUT2D eigenvalue weighted by Gasteiger charge is -2.30. The van der Waals surface area contributed by atoms with Crippen molar-refractivity contribution in [1.29, 1.82) is 0 Å². The van der Waals surface area contributed by atoms with Crippen LogP contribution in [-0.2, 0) is 0 Å². The van der Waals surface area contributed by atoms with Crippen molar-refractivity contribution in [3.8, 4) is 10.8 Å². The molecule has 3 rings (SSSR count). The van der Waals surface area contributed by atoms with Gasteiger partial charge in [0.15, 0.2) is 0 Å². The summed E-state index contributed by atoms with van der Waals surface area (Å²) < 4.78 is 5.79. The molecule has 3 heterocycles. The first-order chi connectivity index (χ1) is 8.84. The van der Waals surface area contributed by atoms with Gasteiger partial charge in [0.25, 0.3) is 5.89 Å². The van der Waals surface area contributed by atoms with Gasteiger partial charge < -0.3 is 4.42 Å². The Morgan fingerprint density at radius 2 is 2.11 bits per heavy atom. The SMILES string of the molecule is C[C@H](c1nnc(-c2cccs2)o1)N1CCCCC1. The van der Waals surface area contributed by atoms with Crippen LogP contribution in [0, 0.1) is 0 Å². The monoisotopic (exact) mass is 263 g/mol. The lowest BCUT2D eigenvalue weighted by atomic mass is 10.1. The number of nitrogens with zero attached hydrogens (tertiary/aromatic N) is 3. The van der Waals surface area contributed by atoms with Crippen LogP contribution in [0.1, 0.15) is 38.1 Å². The fourth-order valence-electron chi connectivity index (χ4n) is 2.37. The van der Waals surface area contributed by atoms with Crippen molar-refractivity contribution in [2.24, 2.45) is 0 Å². The molecule has 1 fully saturated rings. The molecule has 2 aromatic rings. The van der Waals surface area contributed by atoms with Crippen molar-refractivity contribution in [2.45, 2.75) is 32.2 Å². The Hall–Kier alpha value is -1.20. The maximum atomic E-state index is 5.79. The number of aromatic nitrogens is 2. The first-order valence-electron chi connectivity index (χ1n) is 6.46. The Balaban J connectivity index is 1.76. The van der Waals surface area contributed by atoms with Crippen LogP contribution in [0.25, 0.3) is 10.8 Å². The average Bonchev–Trinajstić information content (AvgIpc) is 3.09. The van der Waals surface area contributed by atoms with Crippen molar-refractivity contribution in [3.05, 3.63) is 23.4 Å². The minimum Gasteiger partial charge on any atom is -0.418 e. The van der Waals surface area contributed by atoms with E-state index in [1.165, 1.54) is 19.3 Å². The lowest BCUT2D eigenvalue weighted by Crippen LogP contribution is -2.32. The van der Waals surface area contributed by atoms with Gasteiger partial charge in [-0.25, -0.2) is 0 Å². The largest absolute Gasteiger partial charge is 0.418 e. The van der Waals surface area contributed by atoms with Crippen LogP contribution in [0.2, 0.25) is 0 Å². The smallest absolute Gasteiger partial charge is 0.257 e. The van der Waals surface area contributed by atoms with E-state index in [4.69, 9.17) is 4.42 Å². The van der Waals surface area contributed by atoms with Crippen LogP contribution in [0.3, 0.4) is 0 Å². The lowest BCUT2D eigenvalue weighted by molar-refractivity contribution is 0.153. The second kappa shape index (κ2) is 5.20. The number of hydrogen-bond donors (Lipinski definition) is 0. The van der Waals surface area contributed by atoms with Crippen molar-refractivity contribution in [2.75, 3.05) is 13.1 Å². The van der Waals surface area contributed by atoms with E-state index in [-0.39, 0.29) is 6.04 Å². The zero-order valence-electron chi connectivity index (χ0n) is 10.5. The highest BCUT2D eigenvalue weighted by molar-refractivity contribution is 7.13. The number of likely N-dealkylation sites (tertiary alicyclic amines) is 1. The topological polar surface area (TPSA) is 42.2 Å². The predicted octanol–water partition coefficient (Wildman–Crippen LogP) is 3.35. The summed E-state index contributed by atoms with van der Waals surface area (Å²) >= 11 is 1.63. The summed E-state index contributed by atoms with van der Waals surface area (Å²) in [5, 5.41) is 10.4. The molecule has 0 aliphatic carbocycles. The number of hydrogen-bond acceptors (Lipinski definition) is 5. The molecule has 0 N–H and O–H groups in total. The summed E-state index contributed by atoms with van der Waals surface area (Å²) in [6.07, 6.45) is 3.89. The summed E-state index contributed by atoms with van der Waals surface area (Å²) in [6, 6.07) is 4.23. The molecule has 1 aliphatic rings. The van der Waals surface area contributed by atoms with Gasteiger partial charge in [0, 0.05) is 0 Å². The third-order valence-corrected chi connectivity index (χ3v) is 4.33. The van der Waals surface area contributed by atoms with E-state index in [1.807, 2.05) is 17.5 Å². The highest BCUT2D eigenvalue weighted by Crippen LogP contribution is 2.28. The molecular formula is C13H17N3OS. The van der Waals surface area contributed by atoms with E-state index in [1.54, 1.807) is 11.3 Å². The number of thiophene rings is 1. The fraction of sp³-hybridized carbons (Fsp3) is 0.538. The molecule has 5 heteroatoms. The molecule has 0 unspecified atom stereocenters. The van der Waals surface area contributed by atoms with E-state index < -0.39 is 0 Å². The van der Waals surface area contributed by atoms with Crippen LogP contribution in [0.15, 0.2) is 21.9 Å². The van der Waals surface area contributed by atoms with Gasteiger partial charge in [-0.15, -0.1) is 21.5 Å². The molecule has 96 valence electrons. The molecule has 1 saturated heterocycles. The highest BCUT2D eigenvalue weighted by atomic mass is 32.1. The summed E-state index contributed by atoms with van der Waals surface area (Å²) in [7, 11) is 0. The van der Waals surface area contributed by atoms with Crippen molar-refractivity contribution >= 4 is 11.3 Å². The third kappa shape index (κ3) is 2.33. The maximum absolute atomic E-state index is 5.79. The van der Waals surface area contributed by atoms with Gasteiger partial charge >= 0.3 is 0 Å². The van der Waals surface area contributed by atoms with Crippen LogP contribution in [0.5, 0.6) is 0 Å². The molecule has 0 spiro atoms. The van der Waals surface area contributed by atoms with Crippen molar-refractivity contribution < 1.29 is 4.42 Å². The van der Waals surface area contributed by atoms with Crippen molar-refractivity contribution in [3.63, 3.8) is 0 Å². The Labute approximate surface area is 111 Å². The second-order valence-electron chi connectivity index (χ2n) is 4.70. The first-order valence-corrected chi connectivity index (χ1v) is 7.34. The van der Waals surface area contributed by atoms with Gasteiger partial charge in [-0.05, 0) is 44.3 Å². The van der Waals surface area contributed by atoms with Gasteiger partial charge in [-0.1, -0.05) is 12.5 Å². The molecule has 0 bridgehead atoms. The Morgan fingerprint density at radius 1 is 1.28 bits per heavy atom. The van der Waals surface area contributed by atoms with Gasteiger partial charge in [0.1, 0.15) is 0 Å². The Bertz CT molecular complexity index is 488. The highest BCUT2D eigenvalue weighted by Gasteiger charge is 2.23. The molecule has 18 heavy (non-hydrogen) atoms. The van der Waals surface area contributed by atoms with Crippen molar-refractivity contribution in [1.82, 2.24) is 15.1 Å². The Kier molecular flexibility index (Phi) is 3.43. The van der Waals surface area contributed by atoms with Crippen LogP contribution in [-0.4, -0.2) is 28.2 Å². The van der Waals surface area contributed by atoms with Gasteiger partial charge in [0.2, 0.25) is 5.89 Å². The normalized spacial score (nSPS) is 18.9. The quantitative estimate of drug-likeness (QED) is 0.851. The average molecular weight is 263 g/mol. The minimum absolute atomic E-state index is 0.228. The molecule has 0 saturated carbocycles. The van der Waals surface area contributed by atoms with E-state index in [2.05, 4.69) is 22.0 Å². The molecule has 0 amide bonds. The first kappa shape index (κ1) is 11.9. The molecule has 4 nitrogen and oxygen atoms in total. The van der Waals surface area contributed by atoms with E-state index in [0.29, 0.717) is 5.89 Å². The summed E-state index contributed by atoms with van der Waals surface area (Å²) in [6.45, 7) is 4.42. The summed E-state index contributed by atoms with van der Waals surface area (Å²) in [4.78, 5) is 3.47. The molecule has 0 aromatic carbocycles. The van der Waals surface area contributed by atoms with Crippen LogP contribution in [0.4, 0.5) is 0 Å². The Morgan fingerprint density at radius 3 is 2.83 bits per heavy atom. The molecule has 2 aromatic heterocycles.